The lowest BCUT2D eigenvalue weighted by molar-refractivity contribution is -0.127. The van der Waals surface area contributed by atoms with E-state index in [1.54, 1.807) is 24.7 Å². The second-order valence-corrected chi connectivity index (χ2v) is 5.50. The first-order valence-electron chi connectivity index (χ1n) is 7.61. The lowest BCUT2D eigenvalue weighted by atomic mass is 9.95. The number of aromatic nitrogens is 2. The fourth-order valence-corrected chi connectivity index (χ4v) is 2.78. The Bertz CT molecular complexity index is 640. The van der Waals surface area contributed by atoms with Gasteiger partial charge in [-0.15, -0.1) is 0 Å². The molecule has 0 bridgehead atoms. The fourth-order valence-electron chi connectivity index (χ4n) is 2.78. The topological polar surface area (TPSA) is 46.1 Å². The molecule has 1 aromatic heterocycles. The van der Waals surface area contributed by atoms with Gasteiger partial charge in [0.05, 0.1) is 5.69 Å². The highest BCUT2D eigenvalue weighted by Crippen LogP contribution is 2.25. The molecule has 1 amide bonds. The average molecular weight is 293 g/mol. The summed E-state index contributed by atoms with van der Waals surface area (Å²) in [4.78, 5) is 22.8. The zero-order valence-corrected chi connectivity index (χ0v) is 12.4. The number of hydrogen-bond donors (Lipinski definition) is 0. The van der Waals surface area contributed by atoms with E-state index < -0.39 is 0 Å². The van der Waals surface area contributed by atoms with E-state index in [1.165, 1.54) is 0 Å². The first-order valence-corrected chi connectivity index (χ1v) is 7.61. The van der Waals surface area contributed by atoms with E-state index in [4.69, 9.17) is 0 Å². The van der Waals surface area contributed by atoms with Crippen LogP contribution in [0, 0.1) is 0 Å². The van der Waals surface area contributed by atoms with E-state index in [2.05, 4.69) is 9.97 Å². The molecule has 1 aliphatic rings. The van der Waals surface area contributed by atoms with Crippen LogP contribution in [0.5, 0.6) is 0 Å². The third-order valence-corrected chi connectivity index (χ3v) is 3.95. The van der Waals surface area contributed by atoms with Crippen molar-refractivity contribution >= 4 is 12.0 Å². The van der Waals surface area contributed by atoms with Gasteiger partial charge in [-0.1, -0.05) is 30.3 Å². The summed E-state index contributed by atoms with van der Waals surface area (Å²) in [5.74, 6) is 0.356. The van der Waals surface area contributed by atoms with E-state index in [0.717, 1.165) is 37.2 Å². The minimum absolute atomic E-state index is 0.0671. The van der Waals surface area contributed by atoms with Crippen LogP contribution >= 0.6 is 0 Å². The number of likely N-dealkylation sites (tertiary alicyclic amines) is 1. The van der Waals surface area contributed by atoms with Crippen molar-refractivity contribution in [2.24, 2.45) is 0 Å². The van der Waals surface area contributed by atoms with Crippen LogP contribution in [-0.4, -0.2) is 33.9 Å². The fraction of sp³-hybridized carbons (Fsp3) is 0.278. The van der Waals surface area contributed by atoms with Gasteiger partial charge in [-0.3, -0.25) is 14.8 Å². The molecule has 3 rings (SSSR count). The van der Waals surface area contributed by atoms with Gasteiger partial charge in [0.2, 0.25) is 5.91 Å². The molecule has 1 fully saturated rings. The predicted molar refractivity (Wildman–Crippen MR) is 86.1 cm³/mol. The van der Waals surface area contributed by atoms with Gasteiger partial charge in [-0.05, 0) is 24.5 Å². The third kappa shape index (κ3) is 3.58. The van der Waals surface area contributed by atoms with Crippen LogP contribution in [0.4, 0.5) is 0 Å². The van der Waals surface area contributed by atoms with E-state index in [0.29, 0.717) is 0 Å². The molecular formula is C18H19N3O. The van der Waals surface area contributed by atoms with Gasteiger partial charge in [-0.25, -0.2) is 0 Å². The minimum Gasteiger partial charge on any atom is -0.338 e. The van der Waals surface area contributed by atoms with Gasteiger partial charge in [0.1, 0.15) is 0 Å². The summed E-state index contributed by atoms with van der Waals surface area (Å²) in [5.41, 5.74) is 2.02. The molecule has 0 saturated carbocycles. The Hall–Kier alpha value is -2.49. The van der Waals surface area contributed by atoms with Crippen molar-refractivity contribution in [2.45, 2.75) is 18.8 Å². The van der Waals surface area contributed by atoms with Crippen molar-refractivity contribution in [3.63, 3.8) is 0 Å². The highest BCUT2D eigenvalue weighted by molar-refractivity contribution is 5.91. The molecular weight excluding hydrogens is 274 g/mol. The molecule has 1 aromatic carbocycles. The lowest BCUT2D eigenvalue weighted by Crippen LogP contribution is -2.38. The molecule has 112 valence electrons. The smallest absolute Gasteiger partial charge is 0.246 e. The van der Waals surface area contributed by atoms with Crippen molar-refractivity contribution < 1.29 is 4.79 Å². The van der Waals surface area contributed by atoms with Gasteiger partial charge in [0.25, 0.3) is 0 Å². The molecule has 4 nitrogen and oxygen atoms in total. The summed E-state index contributed by atoms with van der Waals surface area (Å²) in [6.45, 7) is 1.53. The highest BCUT2D eigenvalue weighted by atomic mass is 16.2. The molecule has 22 heavy (non-hydrogen) atoms. The van der Waals surface area contributed by atoms with Gasteiger partial charge in [0, 0.05) is 43.7 Å². The summed E-state index contributed by atoms with van der Waals surface area (Å²) in [6.07, 6.45) is 10.8. The van der Waals surface area contributed by atoms with Crippen molar-refractivity contribution in [3.05, 3.63) is 66.3 Å². The Labute approximate surface area is 130 Å². The highest BCUT2D eigenvalue weighted by Gasteiger charge is 2.24. The Morgan fingerprint density at radius 2 is 2.09 bits per heavy atom. The minimum atomic E-state index is 0.0671. The third-order valence-electron chi connectivity index (χ3n) is 3.95. The molecule has 1 atom stereocenters. The largest absolute Gasteiger partial charge is 0.338 e. The van der Waals surface area contributed by atoms with Crippen LogP contribution in [-0.2, 0) is 4.79 Å². The molecule has 0 unspecified atom stereocenters. The molecule has 0 aliphatic carbocycles. The number of amides is 1. The van der Waals surface area contributed by atoms with E-state index in [1.807, 2.05) is 41.3 Å². The van der Waals surface area contributed by atoms with Crippen molar-refractivity contribution in [1.82, 2.24) is 14.9 Å². The zero-order valence-electron chi connectivity index (χ0n) is 12.4. The number of hydrogen-bond acceptors (Lipinski definition) is 3. The van der Waals surface area contributed by atoms with Gasteiger partial charge in [0.15, 0.2) is 0 Å². The van der Waals surface area contributed by atoms with Crippen LogP contribution in [0.25, 0.3) is 6.08 Å². The van der Waals surface area contributed by atoms with Crippen molar-refractivity contribution in [1.29, 1.82) is 0 Å². The normalized spacial score (nSPS) is 18.5. The monoisotopic (exact) mass is 293 g/mol. The van der Waals surface area contributed by atoms with Crippen LogP contribution in [0.2, 0.25) is 0 Å². The van der Waals surface area contributed by atoms with Crippen molar-refractivity contribution in [3.8, 4) is 0 Å². The predicted octanol–water partition coefficient (Wildman–Crippen LogP) is 2.90. The maximum absolute atomic E-state index is 12.4. The Balaban J connectivity index is 1.64. The zero-order chi connectivity index (χ0) is 15.2. The number of rotatable bonds is 3. The van der Waals surface area contributed by atoms with E-state index in [9.17, 15) is 4.79 Å². The summed E-state index contributed by atoms with van der Waals surface area (Å²) < 4.78 is 0. The molecule has 1 saturated heterocycles. The first-order chi connectivity index (χ1) is 10.8. The first kappa shape index (κ1) is 14.4. The number of benzene rings is 1. The number of carbonyl (C=O) groups is 1. The second kappa shape index (κ2) is 6.98. The van der Waals surface area contributed by atoms with Gasteiger partial charge in [-0.2, -0.15) is 0 Å². The summed E-state index contributed by atoms with van der Waals surface area (Å²) in [5, 5.41) is 0. The van der Waals surface area contributed by atoms with Gasteiger partial charge >= 0.3 is 0 Å². The Kier molecular flexibility index (Phi) is 4.59. The van der Waals surface area contributed by atoms with Crippen LogP contribution in [0.3, 0.4) is 0 Å². The average Bonchev–Trinajstić information content (AvgIpc) is 2.61. The number of piperidine rings is 1. The molecule has 2 heterocycles. The SMILES string of the molecule is O=C(/C=C/c1ccccc1)N1CCC[C@H](c2cnccn2)C1. The summed E-state index contributed by atoms with van der Waals surface area (Å²) in [7, 11) is 0. The molecule has 0 radical (unpaired) electrons. The summed E-state index contributed by atoms with van der Waals surface area (Å²) in [6, 6.07) is 9.88. The maximum Gasteiger partial charge on any atom is 0.246 e. The van der Waals surface area contributed by atoms with Crippen molar-refractivity contribution in [2.75, 3.05) is 13.1 Å². The molecule has 0 N–H and O–H groups in total. The van der Waals surface area contributed by atoms with Gasteiger partial charge < -0.3 is 4.90 Å². The number of carbonyl (C=O) groups excluding carboxylic acids is 1. The van der Waals surface area contributed by atoms with Crippen LogP contribution in [0.1, 0.15) is 30.0 Å². The quantitative estimate of drug-likeness (QED) is 0.817. The molecule has 2 aromatic rings. The molecule has 4 heteroatoms. The Morgan fingerprint density at radius 3 is 2.86 bits per heavy atom. The second-order valence-electron chi connectivity index (χ2n) is 5.50. The standard InChI is InChI=1S/C18H19N3O/c22-18(9-8-15-5-2-1-3-6-15)21-12-4-7-16(14-21)17-13-19-10-11-20-17/h1-3,5-6,8-11,13,16H,4,7,12,14H2/b9-8+/t16-/m0/s1. The van der Waals surface area contributed by atoms with Crippen LogP contribution in [0.15, 0.2) is 55.0 Å². The maximum atomic E-state index is 12.4. The number of nitrogens with zero attached hydrogens (tertiary/aromatic N) is 3. The van der Waals surface area contributed by atoms with E-state index in [-0.39, 0.29) is 11.8 Å². The summed E-state index contributed by atoms with van der Waals surface area (Å²) >= 11 is 0. The lowest BCUT2D eigenvalue weighted by Gasteiger charge is -2.31. The van der Waals surface area contributed by atoms with Crippen LogP contribution < -0.4 is 0 Å². The Morgan fingerprint density at radius 1 is 1.23 bits per heavy atom. The molecule has 0 spiro atoms. The van der Waals surface area contributed by atoms with E-state index >= 15 is 0 Å². The molecule has 1 aliphatic heterocycles.